The van der Waals surface area contributed by atoms with Crippen LogP contribution < -0.4 is 10.6 Å². The van der Waals surface area contributed by atoms with Crippen LogP contribution >= 0.6 is 0 Å². The number of carbonyl (C=O) groups is 2. The minimum atomic E-state index is -4.23. The van der Waals surface area contributed by atoms with Crippen LogP contribution in [-0.2, 0) is 29.8 Å². The summed E-state index contributed by atoms with van der Waals surface area (Å²) < 4.78 is 62.0. The molecule has 0 spiro atoms. The van der Waals surface area contributed by atoms with E-state index >= 15 is 0 Å². The van der Waals surface area contributed by atoms with Crippen LogP contribution in [-0.4, -0.2) is 85.4 Å². The van der Waals surface area contributed by atoms with Crippen molar-refractivity contribution in [2.24, 2.45) is 0 Å². The Hall–Kier alpha value is -0.474. The minimum Gasteiger partial charge on any atom is -0.748 e. The van der Waals surface area contributed by atoms with Gasteiger partial charge in [-0.25, -0.2) is 16.8 Å². The van der Waals surface area contributed by atoms with Crippen molar-refractivity contribution < 1.29 is 35.5 Å². The molecule has 10 nitrogen and oxygen atoms in total. The fourth-order valence-electron chi connectivity index (χ4n) is 4.00. The Kier molecular flexibility index (Phi) is 34.0. The molecule has 2 N–H and O–H groups in total. The van der Waals surface area contributed by atoms with E-state index in [1.54, 1.807) is 0 Å². The Morgan fingerprint density at radius 3 is 0.976 bits per heavy atom. The molecular formula is C28H56MgN2O8S2. The fourth-order valence-corrected chi connectivity index (χ4v) is 4.70. The molecule has 13 heteroatoms. The number of rotatable bonds is 26. The van der Waals surface area contributed by atoms with Gasteiger partial charge < -0.3 is 19.7 Å². The molecule has 0 atom stereocenters. The summed E-state index contributed by atoms with van der Waals surface area (Å²) in [6.45, 7) is 4.25. The second-order valence-corrected chi connectivity index (χ2v) is 13.4. The number of amides is 2. The summed E-state index contributed by atoms with van der Waals surface area (Å²) >= 11 is 0. The van der Waals surface area contributed by atoms with Gasteiger partial charge in [-0.2, -0.15) is 0 Å². The third kappa shape index (κ3) is 44.1. The Morgan fingerprint density at radius 1 is 0.488 bits per heavy atom. The molecule has 0 aromatic carbocycles. The predicted molar refractivity (Wildman–Crippen MR) is 165 cm³/mol. The Morgan fingerprint density at radius 2 is 0.732 bits per heavy atom. The summed E-state index contributed by atoms with van der Waals surface area (Å²) in [4.78, 5) is 22.7. The number of hydrogen-bond donors (Lipinski definition) is 2. The molecule has 240 valence electrons. The molecule has 0 aliphatic carbocycles. The maximum Gasteiger partial charge on any atom is 2.00 e. The molecule has 0 rings (SSSR count). The summed E-state index contributed by atoms with van der Waals surface area (Å²) in [7, 11) is -8.45. The van der Waals surface area contributed by atoms with Crippen molar-refractivity contribution in [1.82, 2.24) is 10.6 Å². The third-order valence-electron chi connectivity index (χ3n) is 6.36. The van der Waals surface area contributed by atoms with Gasteiger partial charge in [0, 0.05) is 25.9 Å². The van der Waals surface area contributed by atoms with Gasteiger partial charge in [-0.15, -0.1) is 0 Å². The molecule has 0 radical (unpaired) electrons. The van der Waals surface area contributed by atoms with E-state index in [0.717, 1.165) is 38.5 Å². The van der Waals surface area contributed by atoms with Crippen molar-refractivity contribution in [3.8, 4) is 0 Å². The van der Waals surface area contributed by atoms with E-state index in [-0.39, 0.29) is 48.0 Å². The Balaban J connectivity index is -0.000000688. The van der Waals surface area contributed by atoms with Gasteiger partial charge in [0.2, 0.25) is 11.8 Å². The van der Waals surface area contributed by atoms with E-state index in [0.29, 0.717) is 12.8 Å². The van der Waals surface area contributed by atoms with Gasteiger partial charge in [-0.05, 0) is 12.8 Å². The minimum absolute atomic E-state index is 0. The molecular weight excluding hydrogens is 581 g/mol. The molecule has 0 aliphatic rings. The van der Waals surface area contributed by atoms with Crippen molar-refractivity contribution >= 4 is 55.1 Å². The standard InChI is InChI=1S/2C14H29NO4S.Mg/c2*1-2-3-4-5-6-7-8-9-10-11-14(16)15-12-13-20(17,18)19;/h2*2-13H2,1H3,(H,15,16)(H,17,18,19);/q;;+2/p-2. The van der Waals surface area contributed by atoms with Gasteiger partial charge in [0.05, 0.1) is 31.7 Å². The van der Waals surface area contributed by atoms with Gasteiger partial charge in [0.15, 0.2) is 0 Å². The average Bonchev–Trinajstić information content (AvgIpc) is 2.85. The van der Waals surface area contributed by atoms with Gasteiger partial charge in [-0.3, -0.25) is 9.59 Å². The number of hydrogen-bond acceptors (Lipinski definition) is 8. The molecule has 0 fully saturated rings. The van der Waals surface area contributed by atoms with Crippen molar-refractivity contribution in [3.63, 3.8) is 0 Å². The first-order valence-electron chi connectivity index (χ1n) is 15.3. The summed E-state index contributed by atoms with van der Waals surface area (Å²) in [6.07, 6.45) is 22.2. The average molecular weight is 637 g/mol. The van der Waals surface area contributed by atoms with Crippen molar-refractivity contribution in [2.75, 3.05) is 24.6 Å². The van der Waals surface area contributed by atoms with E-state index in [4.69, 9.17) is 0 Å². The maximum atomic E-state index is 11.3. The van der Waals surface area contributed by atoms with Crippen molar-refractivity contribution in [2.45, 2.75) is 142 Å². The third-order valence-corrected chi connectivity index (χ3v) is 7.77. The van der Waals surface area contributed by atoms with Crippen molar-refractivity contribution in [3.05, 3.63) is 0 Å². The fraction of sp³-hybridized carbons (Fsp3) is 0.929. The molecule has 0 aromatic heterocycles. The van der Waals surface area contributed by atoms with Gasteiger partial charge >= 0.3 is 23.1 Å². The molecule has 0 aliphatic heterocycles. The zero-order valence-electron chi connectivity index (χ0n) is 25.8. The molecule has 0 unspecified atom stereocenters. The first kappa shape index (κ1) is 45.0. The predicted octanol–water partition coefficient (Wildman–Crippen LogP) is 4.76. The van der Waals surface area contributed by atoms with E-state index in [1.807, 2.05) is 0 Å². The zero-order chi connectivity index (χ0) is 30.5. The van der Waals surface area contributed by atoms with E-state index in [1.165, 1.54) is 77.0 Å². The molecule has 41 heavy (non-hydrogen) atoms. The van der Waals surface area contributed by atoms with Crippen molar-refractivity contribution in [1.29, 1.82) is 0 Å². The van der Waals surface area contributed by atoms with Crippen LogP contribution in [0.5, 0.6) is 0 Å². The number of unbranched alkanes of at least 4 members (excludes halogenated alkanes) is 16. The molecule has 0 saturated carbocycles. The molecule has 0 aromatic rings. The smallest absolute Gasteiger partial charge is 0.748 e. The second kappa shape index (κ2) is 31.0. The SMILES string of the molecule is CCCCCCCCCCCC(=O)NCCS(=O)(=O)[O-].CCCCCCCCCCCC(=O)NCCS(=O)(=O)[O-].[Mg+2]. The van der Waals surface area contributed by atoms with E-state index in [9.17, 15) is 35.5 Å². The molecule has 0 saturated heterocycles. The Bertz CT molecular complexity index is 757. The summed E-state index contributed by atoms with van der Waals surface area (Å²) in [5, 5.41) is 4.89. The largest absolute Gasteiger partial charge is 2.00 e. The van der Waals surface area contributed by atoms with E-state index in [2.05, 4.69) is 24.5 Å². The number of nitrogens with one attached hydrogen (secondary N) is 2. The normalized spacial score (nSPS) is 11.2. The molecule has 2 amide bonds. The van der Waals surface area contributed by atoms with Gasteiger partial charge in [0.25, 0.3) is 0 Å². The Labute approximate surface area is 267 Å². The van der Waals surface area contributed by atoms with Crippen LogP contribution in [0.4, 0.5) is 0 Å². The summed E-state index contributed by atoms with van der Waals surface area (Å²) in [5.41, 5.74) is 0. The van der Waals surface area contributed by atoms with Gasteiger partial charge in [-0.1, -0.05) is 117 Å². The van der Waals surface area contributed by atoms with E-state index < -0.39 is 31.7 Å². The van der Waals surface area contributed by atoms with Crippen LogP contribution in [0.1, 0.15) is 142 Å². The zero-order valence-corrected chi connectivity index (χ0v) is 28.8. The maximum absolute atomic E-state index is 11.3. The van der Waals surface area contributed by atoms with Crippen LogP contribution in [0.15, 0.2) is 0 Å². The van der Waals surface area contributed by atoms with Crippen LogP contribution in [0.2, 0.25) is 0 Å². The van der Waals surface area contributed by atoms with Crippen LogP contribution in [0.25, 0.3) is 0 Å². The topological polar surface area (TPSA) is 173 Å². The van der Waals surface area contributed by atoms with Crippen LogP contribution in [0, 0.1) is 0 Å². The first-order valence-corrected chi connectivity index (χ1v) is 18.5. The molecule has 0 heterocycles. The number of carbonyl (C=O) groups excluding carboxylic acids is 2. The monoisotopic (exact) mass is 636 g/mol. The summed E-state index contributed by atoms with van der Waals surface area (Å²) in [5.74, 6) is -1.40. The van der Waals surface area contributed by atoms with Crippen LogP contribution in [0.3, 0.4) is 0 Å². The quantitative estimate of drug-likeness (QED) is 0.0777. The molecule has 0 bridgehead atoms. The first-order chi connectivity index (χ1) is 18.9. The summed E-state index contributed by atoms with van der Waals surface area (Å²) in [6, 6.07) is 0. The van der Waals surface area contributed by atoms with Gasteiger partial charge in [0.1, 0.15) is 0 Å². The second-order valence-electron chi connectivity index (χ2n) is 10.4.